The smallest absolute Gasteiger partial charge is 0.0465 e. The zero-order valence-electron chi connectivity index (χ0n) is 19.3. The molecule has 4 aromatic carbocycles. The third-order valence-corrected chi connectivity index (χ3v) is 11.3. The molecule has 33 heavy (non-hydrogen) atoms. The van der Waals surface area contributed by atoms with E-state index in [1.807, 2.05) is 7.11 Å². The molecule has 0 saturated carbocycles. The first-order valence-corrected chi connectivity index (χ1v) is 14.6. The first-order valence-electron chi connectivity index (χ1n) is 11.6. The van der Waals surface area contributed by atoms with Crippen LogP contribution in [0.1, 0.15) is 6.42 Å². The Morgan fingerprint density at radius 1 is 0.515 bits per heavy atom. The van der Waals surface area contributed by atoms with Gasteiger partial charge in [0, 0.05) is 13.7 Å². The molecule has 0 aliphatic heterocycles. The molecular weight excluding hydrogens is 438 g/mol. The van der Waals surface area contributed by atoms with Crippen LogP contribution in [0.15, 0.2) is 121 Å². The van der Waals surface area contributed by atoms with E-state index in [-0.39, 0.29) is 0 Å². The molecule has 0 fully saturated rings. The Bertz CT molecular complexity index is 891. The van der Waals surface area contributed by atoms with Crippen molar-refractivity contribution in [1.29, 1.82) is 0 Å². The molecule has 0 atom stereocenters. The van der Waals surface area contributed by atoms with Crippen molar-refractivity contribution in [2.24, 2.45) is 5.92 Å². The number of hydrogen-bond acceptors (Lipinski definition) is 1. The van der Waals surface area contributed by atoms with Crippen molar-refractivity contribution in [3.05, 3.63) is 121 Å². The van der Waals surface area contributed by atoms with Gasteiger partial charge < -0.3 is 4.74 Å². The van der Waals surface area contributed by atoms with E-state index in [1.165, 1.54) is 33.5 Å². The maximum absolute atomic E-state index is 5.57. The number of benzene rings is 4. The van der Waals surface area contributed by atoms with Crippen LogP contribution in [0.5, 0.6) is 0 Å². The average molecular weight is 471 g/mol. The molecule has 168 valence electrons. The molecule has 0 aliphatic rings. The Labute approximate surface area is 201 Å². The monoisotopic (exact) mass is 470 g/mol. The van der Waals surface area contributed by atoms with E-state index in [2.05, 4.69) is 121 Å². The van der Waals surface area contributed by atoms with Gasteiger partial charge in [0.1, 0.15) is 0 Å². The summed E-state index contributed by atoms with van der Waals surface area (Å²) in [6.07, 6.45) is 3.46. The quantitative estimate of drug-likeness (QED) is 0.248. The summed E-state index contributed by atoms with van der Waals surface area (Å²) < 4.78 is 5.57. The SMILES string of the molecule is COCCC(CP(c1ccccc1)c1ccccc1)CP(c1ccccc1)c1ccccc1. The Kier molecular flexibility index (Phi) is 9.26. The molecule has 4 rings (SSSR count). The summed E-state index contributed by atoms with van der Waals surface area (Å²) in [6.45, 7) is 0.810. The van der Waals surface area contributed by atoms with Crippen LogP contribution in [-0.4, -0.2) is 26.0 Å². The second kappa shape index (κ2) is 12.8. The van der Waals surface area contributed by atoms with Gasteiger partial charge in [-0.25, -0.2) is 0 Å². The molecule has 0 N–H and O–H groups in total. The van der Waals surface area contributed by atoms with Gasteiger partial charge >= 0.3 is 0 Å². The van der Waals surface area contributed by atoms with Crippen molar-refractivity contribution in [1.82, 2.24) is 0 Å². The minimum atomic E-state index is -0.420. The zero-order chi connectivity index (χ0) is 22.7. The molecule has 1 nitrogen and oxygen atoms in total. The zero-order valence-corrected chi connectivity index (χ0v) is 21.0. The normalized spacial score (nSPS) is 11.4. The van der Waals surface area contributed by atoms with Gasteiger partial charge in [0.05, 0.1) is 0 Å². The minimum absolute atomic E-state index is 0.420. The van der Waals surface area contributed by atoms with Gasteiger partial charge in [-0.15, -0.1) is 0 Å². The summed E-state index contributed by atoms with van der Waals surface area (Å²) in [7, 11) is 0.984. The van der Waals surface area contributed by atoms with Crippen molar-refractivity contribution in [3.8, 4) is 0 Å². The van der Waals surface area contributed by atoms with Gasteiger partial charge in [-0.2, -0.15) is 0 Å². The van der Waals surface area contributed by atoms with Gasteiger partial charge in [0.2, 0.25) is 0 Å². The molecule has 0 spiro atoms. The number of ether oxygens (including phenoxy) is 1. The van der Waals surface area contributed by atoms with Crippen LogP contribution in [0.4, 0.5) is 0 Å². The van der Waals surface area contributed by atoms with Crippen LogP contribution in [0.25, 0.3) is 0 Å². The molecule has 0 heterocycles. The van der Waals surface area contributed by atoms with E-state index in [9.17, 15) is 0 Å². The highest BCUT2D eigenvalue weighted by Crippen LogP contribution is 2.42. The lowest BCUT2D eigenvalue weighted by atomic mass is 10.1. The van der Waals surface area contributed by atoms with Crippen LogP contribution in [0, 0.1) is 5.92 Å². The van der Waals surface area contributed by atoms with Gasteiger partial charge in [-0.05, 0) is 61.7 Å². The van der Waals surface area contributed by atoms with E-state index in [0.717, 1.165) is 13.0 Å². The van der Waals surface area contributed by atoms with Gasteiger partial charge in [0.15, 0.2) is 0 Å². The molecule has 0 bridgehead atoms. The van der Waals surface area contributed by atoms with Crippen LogP contribution < -0.4 is 21.2 Å². The second-order valence-electron chi connectivity index (χ2n) is 8.21. The molecule has 0 unspecified atom stereocenters. The third-order valence-electron chi connectivity index (χ3n) is 5.88. The lowest BCUT2D eigenvalue weighted by Gasteiger charge is -2.29. The summed E-state index contributed by atoms with van der Waals surface area (Å²) in [5, 5.41) is 5.85. The molecule has 4 aromatic rings. The Morgan fingerprint density at radius 3 is 1.09 bits per heavy atom. The molecule has 0 radical (unpaired) electrons. The molecule has 0 aliphatic carbocycles. The number of rotatable bonds is 11. The number of methoxy groups -OCH3 is 1. The highest BCUT2D eigenvalue weighted by atomic mass is 31.1. The maximum atomic E-state index is 5.57. The largest absolute Gasteiger partial charge is 0.385 e. The topological polar surface area (TPSA) is 9.23 Å². The van der Waals surface area contributed by atoms with Crippen molar-refractivity contribution in [2.75, 3.05) is 26.0 Å². The maximum Gasteiger partial charge on any atom is 0.0465 e. The Balaban J connectivity index is 1.65. The highest BCUT2D eigenvalue weighted by Gasteiger charge is 2.24. The Hall–Kier alpha value is -2.30. The molecule has 0 saturated heterocycles. The van der Waals surface area contributed by atoms with Gasteiger partial charge in [0.25, 0.3) is 0 Å². The summed E-state index contributed by atoms with van der Waals surface area (Å²) >= 11 is 0. The predicted molar refractivity (Wildman–Crippen MR) is 148 cm³/mol. The standard InChI is InChI=1S/C30H32OP2/c1-31-23-22-26(24-32(27-14-6-2-7-15-27)28-16-8-3-9-17-28)25-33(29-18-10-4-11-19-29)30-20-12-5-13-21-30/h2-21,26H,22-25H2,1H3. The third kappa shape index (κ3) is 6.84. The summed E-state index contributed by atoms with van der Waals surface area (Å²) in [4.78, 5) is 0. The molecular formula is C30H32OP2. The van der Waals surface area contributed by atoms with Crippen molar-refractivity contribution in [3.63, 3.8) is 0 Å². The van der Waals surface area contributed by atoms with Crippen molar-refractivity contribution < 1.29 is 4.74 Å². The number of hydrogen-bond donors (Lipinski definition) is 0. The van der Waals surface area contributed by atoms with Crippen molar-refractivity contribution in [2.45, 2.75) is 6.42 Å². The Morgan fingerprint density at radius 2 is 0.818 bits per heavy atom. The van der Waals surface area contributed by atoms with E-state index in [1.54, 1.807) is 0 Å². The van der Waals surface area contributed by atoms with Crippen molar-refractivity contribution >= 4 is 37.1 Å². The second-order valence-corrected chi connectivity index (χ2v) is 12.7. The highest BCUT2D eigenvalue weighted by molar-refractivity contribution is 7.74. The van der Waals surface area contributed by atoms with Crippen LogP contribution in [-0.2, 0) is 4.74 Å². The fraction of sp³-hybridized carbons (Fsp3) is 0.200. The van der Waals surface area contributed by atoms with Crippen LogP contribution in [0.3, 0.4) is 0 Å². The average Bonchev–Trinajstić information content (AvgIpc) is 2.90. The van der Waals surface area contributed by atoms with Gasteiger partial charge in [-0.3, -0.25) is 0 Å². The minimum Gasteiger partial charge on any atom is -0.385 e. The molecule has 0 amide bonds. The first-order chi connectivity index (χ1) is 16.3. The van der Waals surface area contributed by atoms with E-state index in [0.29, 0.717) is 5.92 Å². The fourth-order valence-electron chi connectivity index (χ4n) is 4.19. The fourth-order valence-corrected chi connectivity index (χ4v) is 9.62. The lowest BCUT2D eigenvalue weighted by molar-refractivity contribution is 0.184. The molecule has 0 aromatic heterocycles. The summed E-state index contributed by atoms with van der Waals surface area (Å²) in [6, 6.07) is 44.4. The lowest BCUT2D eigenvalue weighted by Crippen LogP contribution is -2.24. The van der Waals surface area contributed by atoms with E-state index in [4.69, 9.17) is 4.74 Å². The first kappa shape index (κ1) is 23.8. The van der Waals surface area contributed by atoms with Crippen LogP contribution >= 0.6 is 15.8 Å². The molecule has 3 heteroatoms. The van der Waals surface area contributed by atoms with E-state index >= 15 is 0 Å². The summed E-state index contributed by atoms with van der Waals surface area (Å²) in [5.74, 6) is 0.586. The van der Waals surface area contributed by atoms with E-state index < -0.39 is 15.8 Å². The summed E-state index contributed by atoms with van der Waals surface area (Å²) in [5.41, 5.74) is 0. The van der Waals surface area contributed by atoms with Gasteiger partial charge in [-0.1, -0.05) is 121 Å². The van der Waals surface area contributed by atoms with Crippen LogP contribution in [0.2, 0.25) is 0 Å². The predicted octanol–water partition coefficient (Wildman–Crippen LogP) is 5.90.